The molecule has 0 aromatic rings. The van der Waals surface area contributed by atoms with E-state index in [1.54, 1.807) is 12.0 Å². The molecule has 0 spiro atoms. The standard InChI is InChI=1S/C10H18ClNO3/c1-14-5-6-15-8-10(13)12-4-2-3-9(11)7-12/h9H,2-8H2,1H3. The molecule has 1 rings (SSSR count). The summed E-state index contributed by atoms with van der Waals surface area (Å²) in [5, 5.41) is 0.0988. The Bertz CT molecular complexity index is 201. The van der Waals surface area contributed by atoms with Crippen molar-refractivity contribution in [1.29, 1.82) is 0 Å². The van der Waals surface area contributed by atoms with Crippen LogP contribution in [0, 0.1) is 0 Å². The van der Waals surface area contributed by atoms with Gasteiger partial charge in [-0.25, -0.2) is 0 Å². The lowest BCUT2D eigenvalue weighted by Crippen LogP contribution is -2.42. The SMILES string of the molecule is COCCOCC(=O)N1CCCC(Cl)C1. The van der Waals surface area contributed by atoms with Crippen LogP contribution in [0.15, 0.2) is 0 Å². The maximum atomic E-state index is 11.6. The van der Waals surface area contributed by atoms with E-state index in [2.05, 4.69) is 0 Å². The van der Waals surface area contributed by atoms with Crippen LogP contribution in [-0.4, -0.2) is 56.2 Å². The fourth-order valence-corrected chi connectivity index (χ4v) is 1.87. The van der Waals surface area contributed by atoms with Gasteiger partial charge >= 0.3 is 0 Å². The van der Waals surface area contributed by atoms with Gasteiger partial charge in [0, 0.05) is 20.2 Å². The van der Waals surface area contributed by atoms with Crippen LogP contribution >= 0.6 is 11.6 Å². The summed E-state index contributed by atoms with van der Waals surface area (Å²) in [6.45, 7) is 2.56. The van der Waals surface area contributed by atoms with E-state index < -0.39 is 0 Å². The van der Waals surface area contributed by atoms with E-state index in [1.807, 2.05) is 0 Å². The molecule has 0 aliphatic carbocycles. The summed E-state index contributed by atoms with van der Waals surface area (Å²) >= 11 is 5.98. The average Bonchev–Trinajstić information content (AvgIpc) is 2.24. The number of carbonyl (C=O) groups is 1. The second-order valence-electron chi connectivity index (χ2n) is 3.62. The molecule has 4 nitrogen and oxygen atoms in total. The van der Waals surface area contributed by atoms with E-state index in [4.69, 9.17) is 21.1 Å². The first-order chi connectivity index (χ1) is 7.24. The van der Waals surface area contributed by atoms with Crippen LogP contribution in [0.25, 0.3) is 0 Å². The van der Waals surface area contributed by atoms with Crippen molar-refractivity contribution >= 4 is 17.5 Å². The zero-order valence-corrected chi connectivity index (χ0v) is 9.83. The molecular weight excluding hydrogens is 218 g/mol. The number of ether oxygens (including phenoxy) is 2. The summed E-state index contributed by atoms with van der Waals surface area (Å²) in [4.78, 5) is 13.4. The number of nitrogens with zero attached hydrogens (tertiary/aromatic N) is 1. The van der Waals surface area contributed by atoms with Gasteiger partial charge in [-0.1, -0.05) is 0 Å². The van der Waals surface area contributed by atoms with Crippen molar-refractivity contribution in [2.45, 2.75) is 18.2 Å². The number of hydrogen-bond donors (Lipinski definition) is 0. The molecule has 0 N–H and O–H groups in total. The number of methoxy groups -OCH3 is 1. The third-order valence-electron chi connectivity index (χ3n) is 2.37. The molecule has 1 amide bonds. The molecule has 0 radical (unpaired) electrons. The highest BCUT2D eigenvalue weighted by atomic mass is 35.5. The number of likely N-dealkylation sites (tertiary alicyclic amines) is 1. The fourth-order valence-electron chi connectivity index (χ4n) is 1.54. The molecule has 1 atom stereocenters. The van der Waals surface area contributed by atoms with E-state index in [0.717, 1.165) is 19.4 Å². The van der Waals surface area contributed by atoms with Crippen molar-refractivity contribution in [1.82, 2.24) is 4.90 Å². The summed E-state index contributed by atoms with van der Waals surface area (Å²) in [5.74, 6) is 0.0245. The van der Waals surface area contributed by atoms with Gasteiger partial charge in [0.2, 0.25) is 5.91 Å². The van der Waals surface area contributed by atoms with E-state index in [1.165, 1.54) is 0 Å². The fraction of sp³-hybridized carbons (Fsp3) is 0.900. The number of halogens is 1. The number of amides is 1. The van der Waals surface area contributed by atoms with Crippen LogP contribution in [0.2, 0.25) is 0 Å². The van der Waals surface area contributed by atoms with Crippen molar-refractivity contribution in [2.24, 2.45) is 0 Å². The first-order valence-electron chi connectivity index (χ1n) is 5.22. The smallest absolute Gasteiger partial charge is 0.248 e. The molecule has 0 aromatic carbocycles. The topological polar surface area (TPSA) is 38.8 Å². The molecule has 15 heavy (non-hydrogen) atoms. The number of piperidine rings is 1. The highest BCUT2D eigenvalue weighted by Crippen LogP contribution is 2.14. The van der Waals surface area contributed by atoms with Crippen molar-refractivity contribution in [3.05, 3.63) is 0 Å². The lowest BCUT2D eigenvalue weighted by molar-refractivity contribution is -0.137. The summed E-state index contributed by atoms with van der Waals surface area (Å²) in [5.41, 5.74) is 0. The molecule has 0 saturated carbocycles. The average molecular weight is 236 g/mol. The minimum atomic E-state index is 0.0245. The Hall–Kier alpha value is -0.320. The number of alkyl halides is 1. The van der Waals surface area contributed by atoms with Crippen LogP contribution in [0.5, 0.6) is 0 Å². The Labute approximate surface area is 95.5 Å². The summed E-state index contributed by atoms with van der Waals surface area (Å²) in [6.07, 6.45) is 1.98. The molecule has 1 unspecified atom stereocenters. The molecule has 1 aliphatic rings. The third-order valence-corrected chi connectivity index (χ3v) is 2.73. The molecule has 5 heteroatoms. The third kappa shape index (κ3) is 4.82. The van der Waals surface area contributed by atoms with Crippen molar-refractivity contribution in [3.8, 4) is 0 Å². The Morgan fingerprint density at radius 1 is 1.53 bits per heavy atom. The van der Waals surface area contributed by atoms with E-state index >= 15 is 0 Å². The number of rotatable bonds is 5. The lowest BCUT2D eigenvalue weighted by atomic mass is 10.1. The maximum Gasteiger partial charge on any atom is 0.248 e. The van der Waals surface area contributed by atoms with Gasteiger partial charge in [-0.2, -0.15) is 0 Å². The molecule has 0 aromatic heterocycles. The largest absolute Gasteiger partial charge is 0.382 e. The minimum Gasteiger partial charge on any atom is -0.382 e. The normalized spacial score (nSPS) is 21.7. The Morgan fingerprint density at radius 2 is 2.33 bits per heavy atom. The Kier molecular flexibility index (Phi) is 5.98. The quantitative estimate of drug-likeness (QED) is 0.525. The van der Waals surface area contributed by atoms with Gasteiger partial charge in [0.05, 0.1) is 18.6 Å². The number of carbonyl (C=O) groups excluding carboxylic acids is 1. The van der Waals surface area contributed by atoms with Crippen LogP contribution in [-0.2, 0) is 14.3 Å². The van der Waals surface area contributed by atoms with Gasteiger partial charge in [-0.05, 0) is 12.8 Å². The van der Waals surface area contributed by atoms with Gasteiger partial charge in [-0.3, -0.25) is 4.79 Å². The molecule has 1 fully saturated rings. The van der Waals surface area contributed by atoms with Gasteiger partial charge < -0.3 is 14.4 Å². The van der Waals surface area contributed by atoms with Crippen molar-refractivity contribution in [2.75, 3.05) is 40.0 Å². The van der Waals surface area contributed by atoms with Crippen LogP contribution in [0.4, 0.5) is 0 Å². The van der Waals surface area contributed by atoms with Crippen LogP contribution in [0.3, 0.4) is 0 Å². The maximum absolute atomic E-state index is 11.6. The van der Waals surface area contributed by atoms with Crippen LogP contribution in [0.1, 0.15) is 12.8 Å². The lowest BCUT2D eigenvalue weighted by Gasteiger charge is -2.29. The van der Waals surface area contributed by atoms with Gasteiger partial charge in [-0.15, -0.1) is 11.6 Å². The summed E-state index contributed by atoms with van der Waals surface area (Å²) in [7, 11) is 1.61. The highest BCUT2D eigenvalue weighted by Gasteiger charge is 2.21. The van der Waals surface area contributed by atoms with Crippen molar-refractivity contribution < 1.29 is 14.3 Å². The molecule has 0 bridgehead atoms. The molecule has 88 valence electrons. The van der Waals surface area contributed by atoms with Gasteiger partial charge in [0.1, 0.15) is 6.61 Å². The molecule has 1 heterocycles. The minimum absolute atomic E-state index is 0.0245. The predicted molar refractivity (Wildman–Crippen MR) is 58.2 cm³/mol. The zero-order valence-electron chi connectivity index (χ0n) is 9.08. The Balaban J connectivity index is 2.15. The first-order valence-corrected chi connectivity index (χ1v) is 5.66. The van der Waals surface area contributed by atoms with Crippen LogP contribution < -0.4 is 0 Å². The second kappa shape index (κ2) is 7.04. The second-order valence-corrected chi connectivity index (χ2v) is 4.24. The predicted octanol–water partition coefficient (Wildman–Crippen LogP) is 0.879. The van der Waals surface area contributed by atoms with Gasteiger partial charge in [0.15, 0.2) is 0 Å². The molecule has 1 aliphatic heterocycles. The zero-order chi connectivity index (χ0) is 11.1. The summed E-state index contributed by atoms with van der Waals surface area (Å²) < 4.78 is 9.98. The summed E-state index contributed by atoms with van der Waals surface area (Å²) in [6, 6.07) is 0. The first kappa shape index (κ1) is 12.7. The molecule has 1 saturated heterocycles. The van der Waals surface area contributed by atoms with E-state index in [-0.39, 0.29) is 17.9 Å². The van der Waals surface area contributed by atoms with E-state index in [0.29, 0.717) is 19.8 Å². The van der Waals surface area contributed by atoms with Crippen molar-refractivity contribution in [3.63, 3.8) is 0 Å². The van der Waals surface area contributed by atoms with E-state index in [9.17, 15) is 4.79 Å². The monoisotopic (exact) mass is 235 g/mol. The highest BCUT2D eigenvalue weighted by molar-refractivity contribution is 6.20. The Morgan fingerprint density at radius 3 is 3.00 bits per heavy atom. The number of hydrogen-bond acceptors (Lipinski definition) is 3. The molecular formula is C10H18ClNO3. The van der Waals surface area contributed by atoms with Gasteiger partial charge in [0.25, 0.3) is 0 Å².